The number of nitrogens with zero attached hydrogens (tertiary/aromatic N) is 1. The molecule has 19 heavy (non-hydrogen) atoms. The van der Waals surface area contributed by atoms with Gasteiger partial charge >= 0.3 is 0 Å². The maximum absolute atomic E-state index is 11.3. The van der Waals surface area contributed by atoms with Gasteiger partial charge in [0.2, 0.25) is 5.56 Å². The van der Waals surface area contributed by atoms with E-state index in [1.165, 1.54) is 5.56 Å². The normalized spacial score (nSPS) is 18.3. The molecule has 3 rings (SSSR count). The number of aromatic nitrogens is 2. The lowest BCUT2D eigenvalue weighted by Gasteiger charge is -2.25. The monoisotopic (exact) mass is 259 g/mol. The van der Waals surface area contributed by atoms with E-state index in [9.17, 15) is 4.79 Å². The molecule has 0 aliphatic heterocycles. The average molecular weight is 259 g/mol. The van der Waals surface area contributed by atoms with Crippen LogP contribution in [-0.4, -0.2) is 10.1 Å². The molecule has 0 amide bonds. The standard InChI is InChI=1S/C14H17N3O2/c1-9-7-10(19-17-9)8-15-12-3-2-4-13-11(12)5-6-14(18)16-13/h5-7,12,15H,2-4,8H2,1H3,(H,16,18). The maximum Gasteiger partial charge on any atom is 0.248 e. The van der Waals surface area contributed by atoms with Crippen molar-refractivity contribution in [3.05, 3.63) is 51.3 Å². The summed E-state index contributed by atoms with van der Waals surface area (Å²) >= 11 is 0. The number of rotatable bonds is 3. The Kier molecular flexibility index (Phi) is 3.21. The van der Waals surface area contributed by atoms with E-state index in [0.29, 0.717) is 6.54 Å². The number of fused-ring (bicyclic) bond motifs is 1. The van der Waals surface area contributed by atoms with E-state index in [-0.39, 0.29) is 11.6 Å². The van der Waals surface area contributed by atoms with Gasteiger partial charge in [-0.05, 0) is 31.7 Å². The largest absolute Gasteiger partial charge is 0.360 e. The molecule has 2 heterocycles. The molecule has 1 atom stereocenters. The summed E-state index contributed by atoms with van der Waals surface area (Å²) in [5.41, 5.74) is 3.13. The van der Waals surface area contributed by atoms with E-state index < -0.39 is 0 Å². The Bertz CT molecular complexity index is 630. The highest BCUT2D eigenvalue weighted by Gasteiger charge is 2.20. The fraction of sp³-hybridized carbons (Fsp3) is 0.429. The van der Waals surface area contributed by atoms with Gasteiger partial charge in [0.05, 0.1) is 12.2 Å². The van der Waals surface area contributed by atoms with Crippen LogP contribution in [0.25, 0.3) is 0 Å². The minimum atomic E-state index is -0.0229. The second kappa shape index (κ2) is 5.01. The first kappa shape index (κ1) is 12.2. The van der Waals surface area contributed by atoms with Crippen molar-refractivity contribution < 1.29 is 4.52 Å². The SMILES string of the molecule is Cc1cc(CNC2CCCc3[nH]c(=O)ccc32)on1. The molecule has 0 aromatic carbocycles. The third-order valence-electron chi connectivity index (χ3n) is 3.53. The fourth-order valence-corrected chi connectivity index (χ4v) is 2.64. The van der Waals surface area contributed by atoms with Crippen molar-refractivity contribution in [2.45, 2.75) is 38.8 Å². The van der Waals surface area contributed by atoms with Gasteiger partial charge in [0.25, 0.3) is 0 Å². The van der Waals surface area contributed by atoms with Crippen LogP contribution in [0.5, 0.6) is 0 Å². The molecular formula is C14H17N3O2. The molecule has 5 heteroatoms. The molecular weight excluding hydrogens is 242 g/mol. The van der Waals surface area contributed by atoms with Crippen molar-refractivity contribution in [3.8, 4) is 0 Å². The molecule has 1 unspecified atom stereocenters. The van der Waals surface area contributed by atoms with Gasteiger partial charge in [-0.2, -0.15) is 0 Å². The molecule has 1 aliphatic carbocycles. The summed E-state index contributed by atoms with van der Waals surface area (Å²) in [6.07, 6.45) is 3.11. The van der Waals surface area contributed by atoms with Gasteiger partial charge in [-0.25, -0.2) is 0 Å². The van der Waals surface area contributed by atoms with Gasteiger partial charge in [0.15, 0.2) is 5.76 Å². The highest BCUT2D eigenvalue weighted by atomic mass is 16.5. The molecule has 100 valence electrons. The van der Waals surface area contributed by atoms with Gasteiger partial charge in [-0.15, -0.1) is 0 Å². The van der Waals surface area contributed by atoms with Crippen molar-refractivity contribution in [1.82, 2.24) is 15.5 Å². The molecule has 0 fully saturated rings. The summed E-state index contributed by atoms with van der Waals surface area (Å²) in [6.45, 7) is 2.57. The third-order valence-corrected chi connectivity index (χ3v) is 3.53. The van der Waals surface area contributed by atoms with Crippen LogP contribution in [0.1, 0.15) is 41.6 Å². The Balaban J connectivity index is 1.75. The summed E-state index contributed by atoms with van der Waals surface area (Å²) in [4.78, 5) is 14.3. The number of aromatic amines is 1. The summed E-state index contributed by atoms with van der Waals surface area (Å²) in [5.74, 6) is 0.842. The van der Waals surface area contributed by atoms with Gasteiger partial charge in [-0.3, -0.25) is 4.79 Å². The summed E-state index contributed by atoms with van der Waals surface area (Å²) in [5, 5.41) is 7.34. The van der Waals surface area contributed by atoms with Crippen molar-refractivity contribution in [2.24, 2.45) is 0 Å². The zero-order valence-corrected chi connectivity index (χ0v) is 10.9. The van der Waals surface area contributed by atoms with Crippen molar-refractivity contribution in [3.63, 3.8) is 0 Å². The van der Waals surface area contributed by atoms with Crippen LogP contribution in [0.15, 0.2) is 27.5 Å². The lowest BCUT2D eigenvalue weighted by atomic mass is 9.91. The van der Waals surface area contributed by atoms with Gasteiger partial charge in [0, 0.05) is 23.9 Å². The fourth-order valence-electron chi connectivity index (χ4n) is 2.64. The Hall–Kier alpha value is -1.88. The number of hydrogen-bond donors (Lipinski definition) is 2. The molecule has 1 aliphatic rings. The predicted molar refractivity (Wildman–Crippen MR) is 70.8 cm³/mol. The first-order chi connectivity index (χ1) is 9.22. The van der Waals surface area contributed by atoms with E-state index in [2.05, 4.69) is 15.5 Å². The molecule has 2 aromatic rings. The minimum absolute atomic E-state index is 0.0229. The zero-order chi connectivity index (χ0) is 13.2. The molecule has 0 bridgehead atoms. The van der Waals surface area contributed by atoms with E-state index in [1.807, 2.05) is 19.1 Å². The lowest BCUT2D eigenvalue weighted by Crippen LogP contribution is -2.27. The third kappa shape index (κ3) is 2.61. The van der Waals surface area contributed by atoms with Crippen LogP contribution in [-0.2, 0) is 13.0 Å². The molecule has 0 saturated carbocycles. The molecule has 0 radical (unpaired) electrons. The number of hydrogen-bond acceptors (Lipinski definition) is 4. The second-order valence-electron chi connectivity index (χ2n) is 5.02. The highest BCUT2D eigenvalue weighted by molar-refractivity contribution is 5.26. The maximum atomic E-state index is 11.3. The summed E-state index contributed by atoms with van der Waals surface area (Å²) in [6, 6.07) is 5.73. The molecule has 2 aromatic heterocycles. The Morgan fingerprint density at radius 3 is 3.21 bits per heavy atom. The highest BCUT2D eigenvalue weighted by Crippen LogP contribution is 2.27. The summed E-state index contributed by atoms with van der Waals surface area (Å²) < 4.78 is 5.19. The van der Waals surface area contributed by atoms with Gasteiger partial charge in [0.1, 0.15) is 0 Å². The molecule has 5 nitrogen and oxygen atoms in total. The van der Waals surface area contributed by atoms with Crippen LogP contribution in [0.2, 0.25) is 0 Å². The Morgan fingerprint density at radius 2 is 2.42 bits per heavy atom. The van der Waals surface area contributed by atoms with E-state index in [4.69, 9.17) is 4.52 Å². The first-order valence-electron chi connectivity index (χ1n) is 6.60. The Morgan fingerprint density at radius 1 is 1.53 bits per heavy atom. The van der Waals surface area contributed by atoms with E-state index in [0.717, 1.165) is 36.4 Å². The second-order valence-corrected chi connectivity index (χ2v) is 5.02. The average Bonchev–Trinajstić information content (AvgIpc) is 2.81. The number of nitrogens with one attached hydrogen (secondary N) is 2. The smallest absolute Gasteiger partial charge is 0.248 e. The molecule has 0 spiro atoms. The number of H-pyrrole nitrogens is 1. The topological polar surface area (TPSA) is 70.9 Å². The summed E-state index contributed by atoms with van der Waals surface area (Å²) in [7, 11) is 0. The number of pyridine rings is 1. The quantitative estimate of drug-likeness (QED) is 0.882. The van der Waals surface area contributed by atoms with Crippen LogP contribution in [0.4, 0.5) is 0 Å². The Labute approximate surface area is 111 Å². The predicted octanol–water partition coefficient (Wildman–Crippen LogP) is 1.84. The van der Waals surface area contributed by atoms with Crippen molar-refractivity contribution in [2.75, 3.05) is 0 Å². The molecule has 2 N–H and O–H groups in total. The lowest BCUT2D eigenvalue weighted by molar-refractivity contribution is 0.352. The minimum Gasteiger partial charge on any atom is -0.360 e. The first-order valence-corrected chi connectivity index (χ1v) is 6.60. The number of aryl methyl sites for hydroxylation is 2. The molecule has 0 saturated heterocycles. The zero-order valence-electron chi connectivity index (χ0n) is 10.9. The van der Waals surface area contributed by atoms with Crippen LogP contribution in [0, 0.1) is 6.92 Å². The van der Waals surface area contributed by atoms with Gasteiger partial charge in [-0.1, -0.05) is 11.2 Å². The van der Waals surface area contributed by atoms with Crippen molar-refractivity contribution in [1.29, 1.82) is 0 Å². The van der Waals surface area contributed by atoms with Crippen molar-refractivity contribution >= 4 is 0 Å². The van der Waals surface area contributed by atoms with Crippen LogP contribution in [0.3, 0.4) is 0 Å². The van der Waals surface area contributed by atoms with Crippen LogP contribution >= 0.6 is 0 Å². The van der Waals surface area contributed by atoms with Crippen LogP contribution < -0.4 is 10.9 Å². The van der Waals surface area contributed by atoms with Gasteiger partial charge < -0.3 is 14.8 Å². The van der Waals surface area contributed by atoms with E-state index >= 15 is 0 Å². The van der Waals surface area contributed by atoms with E-state index in [1.54, 1.807) is 6.07 Å².